The molecule has 0 aliphatic heterocycles. The van der Waals surface area contributed by atoms with Crippen molar-refractivity contribution in [1.82, 2.24) is 0 Å². The van der Waals surface area contributed by atoms with E-state index in [0.29, 0.717) is 18.4 Å². The topological polar surface area (TPSA) is 61.1 Å². The number of nitriles is 1. The average Bonchev–Trinajstić information content (AvgIpc) is 2.14. The van der Waals surface area contributed by atoms with Crippen LogP contribution in [0.5, 0.6) is 0 Å². The Morgan fingerprint density at radius 1 is 1.57 bits per heavy atom. The fourth-order valence-corrected chi connectivity index (χ4v) is 1.43. The molecule has 0 radical (unpaired) electrons. The summed E-state index contributed by atoms with van der Waals surface area (Å²) in [6.45, 7) is 1.76. The predicted molar refractivity (Wildman–Crippen MR) is 52.1 cm³/mol. The minimum absolute atomic E-state index is 0.336. The molecule has 72 valence electrons. The molecule has 14 heavy (non-hydrogen) atoms. The first-order valence-electron chi connectivity index (χ1n) is 4.35. The molecule has 3 heteroatoms. The zero-order valence-electron chi connectivity index (χ0n) is 7.95. The Kier molecular flexibility index (Phi) is 3.24. The average molecular weight is 189 g/mol. The molecular formula is C11H11NO2. The number of carboxylic acid groups (broad SMARTS) is 1. The monoisotopic (exact) mass is 189 g/mol. The summed E-state index contributed by atoms with van der Waals surface area (Å²) < 4.78 is 0. The van der Waals surface area contributed by atoms with Gasteiger partial charge in [0.2, 0.25) is 0 Å². The molecule has 0 aliphatic carbocycles. The lowest BCUT2D eigenvalue weighted by Gasteiger charge is -2.06. The van der Waals surface area contributed by atoms with Crippen LogP contribution in [0.2, 0.25) is 0 Å². The summed E-state index contributed by atoms with van der Waals surface area (Å²) in [5.41, 5.74) is 1.81. The Morgan fingerprint density at radius 3 is 2.86 bits per heavy atom. The molecule has 0 aliphatic rings. The molecule has 0 saturated carbocycles. The van der Waals surface area contributed by atoms with Gasteiger partial charge < -0.3 is 5.11 Å². The molecule has 1 aromatic rings. The highest BCUT2D eigenvalue weighted by atomic mass is 16.4. The van der Waals surface area contributed by atoms with Crippen LogP contribution in [0.3, 0.4) is 0 Å². The van der Waals surface area contributed by atoms with Crippen LogP contribution in [0.15, 0.2) is 18.2 Å². The second kappa shape index (κ2) is 4.43. The summed E-state index contributed by atoms with van der Waals surface area (Å²) in [7, 11) is 0. The third kappa shape index (κ3) is 2.11. The lowest BCUT2D eigenvalue weighted by atomic mass is 9.99. The minimum Gasteiger partial charge on any atom is -0.478 e. The zero-order chi connectivity index (χ0) is 10.6. The summed E-state index contributed by atoms with van der Waals surface area (Å²) >= 11 is 0. The van der Waals surface area contributed by atoms with Gasteiger partial charge in [0.1, 0.15) is 0 Å². The molecule has 0 heterocycles. The SMILES string of the molecule is Cc1cccc(CCC#N)c1C(=O)O. The third-order valence-corrected chi connectivity index (χ3v) is 2.08. The maximum atomic E-state index is 10.9. The number of carboxylic acids is 1. The van der Waals surface area contributed by atoms with Crippen molar-refractivity contribution in [2.24, 2.45) is 0 Å². The van der Waals surface area contributed by atoms with Gasteiger partial charge in [-0.3, -0.25) is 0 Å². The summed E-state index contributed by atoms with van der Waals surface area (Å²) in [6, 6.07) is 7.34. The number of aryl methyl sites for hydroxylation is 2. The van der Waals surface area contributed by atoms with Gasteiger partial charge >= 0.3 is 5.97 Å². The van der Waals surface area contributed by atoms with E-state index in [4.69, 9.17) is 10.4 Å². The maximum Gasteiger partial charge on any atom is 0.336 e. The molecule has 0 saturated heterocycles. The van der Waals surface area contributed by atoms with Gasteiger partial charge in [-0.1, -0.05) is 18.2 Å². The minimum atomic E-state index is -0.920. The fraction of sp³-hybridized carbons (Fsp3) is 0.273. The Morgan fingerprint density at radius 2 is 2.29 bits per heavy atom. The van der Waals surface area contributed by atoms with Crippen molar-refractivity contribution < 1.29 is 9.90 Å². The normalized spacial score (nSPS) is 9.43. The molecule has 0 fully saturated rings. The number of aromatic carboxylic acids is 1. The summed E-state index contributed by atoms with van der Waals surface area (Å²) in [5, 5.41) is 17.4. The number of nitrogens with zero attached hydrogens (tertiary/aromatic N) is 1. The molecule has 0 bridgehead atoms. The first-order valence-corrected chi connectivity index (χ1v) is 4.35. The van der Waals surface area contributed by atoms with E-state index in [2.05, 4.69) is 0 Å². The van der Waals surface area contributed by atoms with Crippen LogP contribution in [0, 0.1) is 18.3 Å². The Bertz CT molecular complexity index is 391. The Hall–Kier alpha value is -1.82. The number of rotatable bonds is 3. The molecule has 0 unspecified atom stereocenters. The number of benzene rings is 1. The maximum absolute atomic E-state index is 10.9. The van der Waals surface area contributed by atoms with Crippen LogP contribution < -0.4 is 0 Å². The van der Waals surface area contributed by atoms with Gasteiger partial charge in [0.05, 0.1) is 11.6 Å². The van der Waals surface area contributed by atoms with Crippen LogP contribution in [-0.4, -0.2) is 11.1 Å². The van der Waals surface area contributed by atoms with E-state index in [1.807, 2.05) is 12.1 Å². The van der Waals surface area contributed by atoms with Crippen LogP contribution >= 0.6 is 0 Å². The highest BCUT2D eigenvalue weighted by molar-refractivity contribution is 5.91. The second-order valence-corrected chi connectivity index (χ2v) is 3.07. The first kappa shape index (κ1) is 10.3. The van der Waals surface area contributed by atoms with E-state index in [1.54, 1.807) is 19.1 Å². The fourth-order valence-electron chi connectivity index (χ4n) is 1.43. The van der Waals surface area contributed by atoms with Crippen molar-refractivity contribution >= 4 is 5.97 Å². The Labute approximate surface area is 82.6 Å². The van der Waals surface area contributed by atoms with Gasteiger partial charge in [-0.15, -0.1) is 0 Å². The lowest BCUT2D eigenvalue weighted by molar-refractivity contribution is 0.0695. The zero-order valence-corrected chi connectivity index (χ0v) is 7.95. The molecule has 3 nitrogen and oxygen atoms in total. The van der Waals surface area contributed by atoms with Crippen LogP contribution in [0.4, 0.5) is 0 Å². The lowest BCUT2D eigenvalue weighted by Crippen LogP contribution is -2.05. The van der Waals surface area contributed by atoms with Crippen LogP contribution in [0.1, 0.15) is 27.9 Å². The largest absolute Gasteiger partial charge is 0.478 e. The molecule has 1 N–H and O–H groups in total. The molecular weight excluding hydrogens is 178 g/mol. The molecule has 1 rings (SSSR count). The van der Waals surface area contributed by atoms with E-state index >= 15 is 0 Å². The third-order valence-electron chi connectivity index (χ3n) is 2.08. The van der Waals surface area contributed by atoms with Crippen molar-refractivity contribution in [3.05, 3.63) is 34.9 Å². The van der Waals surface area contributed by atoms with E-state index in [0.717, 1.165) is 11.1 Å². The van der Waals surface area contributed by atoms with Crippen molar-refractivity contribution in [2.75, 3.05) is 0 Å². The van der Waals surface area contributed by atoms with Crippen LogP contribution in [-0.2, 0) is 6.42 Å². The van der Waals surface area contributed by atoms with Gasteiger partial charge in [-0.05, 0) is 24.5 Å². The van der Waals surface area contributed by atoms with Gasteiger partial charge in [0.15, 0.2) is 0 Å². The van der Waals surface area contributed by atoms with E-state index in [-0.39, 0.29) is 0 Å². The van der Waals surface area contributed by atoms with Gasteiger partial charge in [0, 0.05) is 6.42 Å². The van der Waals surface area contributed by atoms with Gasteiger partial charge in [0.25, 0.3) is 0 Å². The molecule has 1 aromatic carbocycles. The molecule has 0 atom stereocenters. The second-order valence-electron chi connectivity index (χ2n) is 3.07. The smallest absolute Gasteiger partial charge is 0.336 e. The standard InChI is InChI=1S/C11H11NO2/c1-8-4-2-5-9(6-3-7-12)10(8)11(13)14/h2,4-5H,3,6H2,1H3,(H,13,14). The predicted octanol–water partition coefficient (Wildman–Crippen LogP) is 2.15. The number of carbonyl (C=O) groups is 1. The number of hydrogen-bond donors (Lipinski definition) is 1. The molecule has 0 aromatic heterocycles. The summed E-state index contributed by atoms with van der Waals surface area (Å²) in [6.07, 6.45) is 0.851. The quantitative estimate of drug-likeness (QED) is 0.792. The first-order chi connectivity index (χ1) is 6.66. The highest BCUT2D eigenvalue weighted by Gasteiger charge is 2.11. The van der Waals surface area contributed by atoms with Crippen molar-refractivity contribution in [1.29, 1.82) is 5.26 Å². The van der Waals surface area contributed by atoms with Gasteiger partial charge in [-0.2, -0.15) is 5.26 Å². The van der Waals surface area contributed by atoms with Gasteiger partial charge in [-0.25, -0.2) is 4.79 Å². The number of hydrogen-bond acceptors (Lipinski definition) is 2. The van der Waals surface area contributed by atoms with Crippen molar-refractivity contribution in [3.8, 4) is 6.07 Å². The Balaban J connectivity index is 3.09. The molecule has 0 amide bonds. The van der Waals surface area contributed by atoms with Crippen molar-refractivity contribution in [3.63, 3.8) is 0 Å². The van der Waals surface area contributed by atoms with E-state index < -0.39 is 5.97 Å². The molecule has 0 spiro atoms. The van der Waals surface area contributed by atoms with E-state index in [1.165, 1.54) is 0 Å². The van der Waals surface area contributed by atoms with Crippen molar-refractivity contribution in [2.45, 2.75) is 19.8 Å². The summed E-state index contributed by atoms with van der Waals surface area (Å²) in [4.78, 5) is 10.9. The van der Waals surface area contributed by atoms with Crippen LogP contribution in [0.25, 0.3) is 0 Å². The van der Waals surface area contributed by atoms with E-state index in [9.17, 15) is 4.79 Å². The highest BCUT2D eigenvalue weighted by Crippen LogP contribution is 2.15. The summed E-state index contributed by atoms with van der Waals surface area (Å²) in [5.74, 6) is -0.920.